The molecule has 12 nitrogen and oxygen atoms in total. The van der Waals surface area contributed by atoms with E-state index in [9.17, 15) is 15.0 Å². The van der Waals surface area contributed by atoms with Crippen LogP contribution >= 0.6 is 0 Å². The van der Waals surface area contributed by atoms with Crippen LogP contribution in [-0.2, 0) is 4.74 Å². The summed E-state index contributed by atoms with van der Waals surface area (Å²) in [6.45, 7) is 1.34. The molecule has 158 valence electrons. The second-order valence-electron chi connectivity index (χ2n) is 7.35. The van der Waals surface area contributed by atoms with E-state index in [1.54, 1.807) is 4.90 Å². The minimum atomic E-state index is -2.12. The van der Waals surface area contributed by atoms with Gasteiger partial charge in [-0.05, 0) is 19.4 Å². The van der Waals surface area contributed by atoms with Crippen LogP contribution in [0.3, 0.4) is 0 Å². The second kappa shape index (κ2) is 7.97. The van der Waals surface area contributed by atoms with E-state index >= 15 is 0 Å². The highest BCUT2D eigenvalue weighted by molar-refractivity contribution is 5.87. The maximum Gasteiger partial charge on any atom is 0.407 e. The summed E-state index contributed by atoms with van der Waals surface area (Å²) in [7, 11) is 0. The van der Waals surface area contributed by atoms with Crippen LogP contribution in [0.2, 0.25) is 0 Å². The molecular weight excluding hydrogens is 368 g/mol. The van der Waals surface area contributed by atoms with Crippen LogP contribution in [0.5, 0.6) is 0 Å². The number of carbonyl (C=O) groups excluding carboxylic acids is 1. The van der Waals surface area contributed by atoms with E-state index in [-0.39, 0.29) is 31.5 Å². The molecule has 1 spiro atoms. The lowest BCUT2D eigenvalue weighted by Crippen LogP contribution is -2.76. The molecule has 3 heterocycles. The van der Waals surface area contributed by atoms with Crippen molar-refractivity contribution in [3.05, 3.63) is 0 Å². The van der Waals surface area contributed by atoms with Gasteiger partial charge >= 0.3 is 6.09 Å². The van der Waals surface area contributed by atoms with Gasteiger partial charge in [0.1, 0.15) is 18.7 Å². The third-order valence-corrected chi connectivity index (χ3v) is 5.47. The summed E-state index contributed by atoms with van der Waals surface area (Å²) in [5, 5.41) is 26.7. The van der Waals surface area contributed by atoms with E-state index in [4.69, 9.17) is 21.9 Å². The molecule has 12 heteroatoms. The van der Waals surface area contributed by atoms with Crippen molar-refractivity contribution in [2.24, 2.45) is 27.2 Å². The van der Waals surface area contributed by atoms with E-state index < -0.39 is 29.6 Å². The molecule has 0 radical (unpaired) electrons. The third kappa shape index (κ3) is 3.54. The fourth-order valence-corrected chi connectivity index (χ4v) is 4.08. The fraction of sp³-hybridized carbons (Fsp3) is 0.812. The van der Waals surface area contributed by atoms with Gasteiger partial charge < -0.3 is 47.7 Å². The highest BCUT2D eigenvalue weighted by Crippen LogP contribution is 2.44. The predicted octanol–water partition coefficient (Wildman–Crippen LogP) is -2.70. The number of carbonyl (C=O) groups is 1. The highest BCUT2D eigenvalue weighted by Gasteiger charge is 2.69. The van der Waals surface area contributed by atoms with Crippen LogP contribution in [0.1, 0.15) is 32.1 Å². The SMILES string of the molecule is NCCCCCCNC(=O)OCC1N=C(N)N2CCC(O)(O)C23NC(N)=N[C@@H]13. The first-order chi connectivity index (χ1) is 13.3. The van der Waals surface area contributed by atoms with E-state index in [1.807, 2.05) is 0 Å². The lowest BCUT2D eigenvalue weighted by Gasteiger charge is -2.48. The molecule has 28 heavy (non-hydrogen) atoms. The van der Waals surface area contributed by atoms with Gasteiger partial charge in [0.15, 0.2) is 17.6 Å². The molecule has 0 aliphatic carbocycles. The second-order valence-corrected chi connectivity index (χ2v) is 7.35. The lowest BCUT2D eigenvalue weighted by atomic mass is 9.87. The molecule has 0 aromatic heterocycles. The zero-order valence-corrected chi connectivity index (χ0v) is 15.8. The van der Waals surface area contributed by atoms with Gasteiger partial charge in [-0.1, -0.05) is 12.8 Å². The molecule has 10 N–H and O–H groups in total. The normalized spacial score (nSPS) is 30.0. The predicted molar refractivity (Wildman–Crippen MR) is 102 cm³/mol. The summed E-state index contributed by atoms with van der Waals surface area (Å²) in [6, 6.07) is -1.46. The molecule has 0 bridgehead atoms. The molecule has 0 aromatic rings. The number of aliphatic imine (C=N–C) groups is 2. The number of rotatable bonds is 8. The summed E-state index contributed by atoms with van der Waals surface area (Å²) in [6.07, 6.45) is 3.30. The summed E-state index contributed by atoms with van der Waals surface area (Å²) in [5.74, 6) is -1.94. The largest absolute Gasteiger partial charge is 0.447 e. The van der Waals surface area contributed by atoms with Crippen molar-refractivity contribution in [2.75, 3.05) is 26.2 Å². The van der Waals surface area contributed by atoms with Crippen molar-refractivity contribution in [1.82, 2.24) is 15.5 Å². The summed E-state index contributed by atoms with van der Waals surface area (Å²) >= 11 is 0. The lowest BCUT2D eigenvalue weighted by molar-refractivity contribution is -0.221. The molecule has 3 aliphatic heterocycles. The molecule has 3 rings (SSSR count). The Morgan fingerprint density at radius 3 is 2.79 bits per heavy atom. The standard InChI is InChI=1S/C16H30N8O4/c17-6-3-1-2-4-7-20-14(25)28-9-10-11-16(23-12(18)22-11)15(26,27)5-8-24(16)13(19)21-10/h10-11,26-27H,1-9,17H2,(H2,19,21)(H,20,25)(H3,18,22,23)/t10?,11-,16?/m0/s1. The zero-order chi connectivity index (χ0) is 20.4. The Morgan fingerprint density at radius 1 is 1.29 bits per heavy atom. The van der Waals surface area contributed by atoms with Crippen LogP contribution in [0, 0.1) is 0 Å². The first-order valence-corrected chi connectivity index (χ1v) is 9.59. The number of aliphatic hydroxyl groups is 2. The van der Waals surface area contributed by atoms with Crippen molar-refractivity contribution in [3.63, 3.8) is 0 Å². The number of nitrogens with zero attached hydrogens (tertiary/aromatic N) is 3. The minimum Gasteiger partial charge on any atom is -0.447 e. The Kier molecular flexibility index (Phi) is 5.82. The van der Waals surface area contributed by atoms with E-state index in [0.29, 0.717) is 13.1 Å². The summed E-state index contributed by atoms with van der Waals surface area (Å²) in [5.41, 5.74) is 15.9. The van der Waals surface area contributed by atoms with Gasteiger partial charge in [0.2, 0.25) is 5.79 Å². The maximum atomic E-state index is 11.9. The van der Waals surface area contributed by atoms with Gasteiger partial charge in [0.05, 0.1) is 0 Å². The number of hydrogen-bond acceptors (Lipinski definition) is 11. The number of hydrogen-bond donors (Lipinski definition) is 7. The quantitative estimate of drug-likeness (QED) is 0.168. The molecule has 3 atom stereocenters. The van der Waals surface area contributed by atoms with E-state index in [0.717, 1.165) is 25.7 Å². The number of guanidine groups is 2. The molecule has 1 saturated heterocycles. The van der Waals surface area contributed by atoms with Gasteiger partial charge in [-0.25, -0.2) is 14.8 Å². The first kappa shape index (κ1) is 20.4. The summed E-state index contributed by atoms with van der Waals surface area (Å²) in [4.78, 5) is 22.1. The number of amides is 1. The van der Waals surface area contributed by atoms with Crippen LogP contribution in [0.15, 0.2) is 9.98 Å². The van der Waals surface area contributed by atoms with Crippen LogP contribution in [0.25, 0.3) is 0 Å². The van der Waals surface area contributed by atoms with Crippen molar-refractivity contribution in [3.8, 4) is 0 Å². The zero-order valence-electron chi connectivity index (χ0n) is 15.8. The number of nitrogens with two attached hydrogens (primary N) is 3. The monoisotopic (exact) mass is 398 g/mol. The molecule has 0 saturated carbocycles. The van der Waals surface area contributed by atoms with Crippen molar-refractivity contribution < 1.29 is 19.7 Å². The molecular formula is C16H30N8O4. The van der Waals surface area contributed by atoms with E-state index in [1.165, 1.54) is 0 Å². The van der Waals surface area contributed by atoms with Gasteiger partial charge in [0, 0.05) is 19.5 Å². The van der Waals surface area contributed by atoms with Crippen molar-refractivity contribution in [2.45, 2.75) is 55.6 Å². The Morgan fingerprint density at radius 2 is 2.04 bits per heavy atom. The van der Waals surface area contributed by atoms with E-state index in [2.05, 4.69) is 20.6 Å². The first-order valence-electron chi connectivity index (χ1n) is 9.59. The van der Waals surface area contributed by atoms with Crippen LogP contribution < -0.4 is 27.8 Å². The van der Waals surface area contributed by atoms with Crippen molar-refractivity contribution >= 4 is 18.0 Å². The van der Waals surface area contributed by atoms with Crippen LogP contribution in [-0.4, -0.2) is 82.9 Å². The topological polar surface area (TPSA) is 197 Å². The van der Waals surface area contributed by atoms with Gasteiger partial charge in [-0.3, -0.25) is 0 Å². The highest BCUT2D eigenvalue weighted by atomic mass is 16.5. The Bertz CT molecular complexity index is 655. The average Bonchev–Trinajstić information content (AvgIpc) is 3.13. The Hall–Kier alpha value is -2.31. The number of ether oxygens (including phenoxy) is 1. The third-order valence-electron chi connectivity index (χ3n) is 5.47. The molecule has 1 fully saturated rings. The molecule has 2 unspecified atom stereocenters. The fourth-order valence-electron chi connectivity index (χ4n) is 4.08. The van der Waals surface area contributed by atoms with Gasteiger partial charge in [0.25, 0.3) is 0 Å². The molecule has 1 amide bonds. The number of unbranched alkanes of at least 4 members (excludes halogenated alkanes) is 3. The van der Waals surface area contributed by atoms with Gasteiger partial charge in [-0.15, -0.1) is 0 Å². The molecule has 3 aliphatic rings. The maximum absolute atomic E-state index is 11.9. The van der Waals surface area contributed by atoms with Crippen LogP contribution in [0.4, 0.5) is 4.79 Å². The molecule has 0 aromatic carbocycles. The van der Waals surface area contributed by atoms with Crippen molar-refractivity contribution in [1.29, 1.82) is 0 Å². The number of nitrogens with one attached hydrogen (secondary N) is 2. The average molecular weight is 398 g/mol. The minimum absolute atomic E-state index is 0.0493. The smallest absolute Gasteiger partial charge is 0.407 e. The Labute approximate surface area is 163 Å². The Balaban J connectivity index is 1.58. The number of alkyl carbamates (subject to hydrolysis) is 1. The summed E-state index contributed by atoms with van der Waals surface area (Å²) < 4.78 is 5.26. The van der Waals surface area contributed by atoms with Gasteiger partial charge in [-0.2, -0.15) is 0 Å².